The molecule has 5 heteroatoms. The van der Waals surface area contributed by atoms with Gasteiger partial charge in [-0.25, -0.2) is 0 Å². The molecule has 2 aliphatic rings. The molecule has 2 aliphatic heterocycles. The van der Waals surface area contributed by atoms with Crippen LogP contribution in [0.25, 0.3) is 71.7 Å². The lowest BCUT2D eigenvalue weighted by Crippen LogP contribution is -2.61. The van der Waals surface area contributed by atoms with Crippen LogP contribution in [0.2, 0.25) is 0 Å². The average molecular weight is 946 g/mol. The zero-order chi connectivity index (χ0) is 49.1. The Bertz CT molecular complexity index is 4280. The van der Waals surface area contributed by atoms with Crippen LogP contribution in [0, 0.1) is 0 Å². The number of aromatic nitrogens is 1. The zero-order valence-corrected chi connectivity index (χ0v) is 41.1. The minimum absolute atomic E-state index is 0.136. The summed E-state index contributed by atoms with van der Waals surface area (Å²) in [7, 11) is 0. The molecule has 0 atom stereocenters. The molecule has 13 aromatic rings. The van der Waals surface area contributed by atoms with E-state index in [1.807, 2.05) is 0 Å². The highest BCUT2D eigenvalue weighted by atomic mass is 16.3. The molecule has 2 aromatic heterocycles. The third kappa shape index (κ3) is 6.42. The molecule has 0 aliphatic carbocycles. The summed E-state index contributed by atoms with van der Waals surface area (Å²) in [5.41, 5.74) is 22.6. The largest absolute Gasteiger partial charge is 0.456 e. The topological polar surface area (TPSA) is 24.6 Å². The first-order valence-corrected chi connectivity index (χ1v) is 25.7. The van der Waals surface area contributed by atoms with Gasteiger partial charge in [0.05, 0.1) is 11.0 Å². The van der Waals surface area contributed by atoms with E-state index in [1.165, 1.54) is 77.3 Å². The van der Waals surface area contributed by atoms with E-state index in [9.17, 15) is 0 Å². The predicted octanol–water partition coefficient (Wildman–Crippen LogP) is 16.4. The van der Waals surface area contributed by atoms with Crippen LogP contribution in [-0.2, 0) is 5.41 Å². The first kappa shape index (κ1) is 42.4. The van der Waals surface area contributed by atoms with Crippen molar-refractivity contribution >= 4 is 101 Å². The number of hydrogen-bond acceptors (Lipinski definition) is 3. The SMILES string of the molecule is CC(C)(c1ccccc1)c1cc2c3c(c1)N(c1ccc(-c4ccccc4)cc1)c1cc4c(cc1B3c1ccc(-n3c5ccccc5c5ccccc53)cc1N2c1ccc(-c2ccccc2)cc1)oc1ccccc14. The second-order valence-electron chi connectivity index (χ2n) is 20.5. The van der Waals surface area contributed by atoms with E-state index in [4.69, 9.17) is 4.42 Å². The van der Waals surface area contributed by atoms with Gasteiger partial charge in [0.15, 0.2) is 0 Å². The van der Waals surface area contributed by atoms with Gasteiger partial charge in [-0.05, 0) is 129 Å². The van der Waals surface area contributed by atoms with Crippen molar-refractivity contribution in [3.63, 3.8) is 0 Å². The van der Waals surface area contributed by atoms with Crippen molar-refractivity contribution in [1.29, 1.82) is 0 Å². The number of rotatable bonds is 7. The van der Waals surface area contributed by atoms with Gasteiger partial charge in [-0.2, -0.15) is 0 Å². The number of furan rings is 1. The number of benzene rings is 11. The van der Waals surface area contributed by atoms with Gasteiger partial charge in [0.2, 0.25) is 0 Å². The second kappa shape index (κ2) is 16.4. The minimum atomic E-state index is -0.371. The van der Waals surface area contributed by atoms with Crippen LogP contribution < -0.4 is 26.2 Å². The molecule has 0 unspecified atom stereocenters. The van der Waals surface area contributed by atoms with Gasteiger partial charge in [0.25, 0.3) is 6.71 Å². The van der Waals surface area contributed by atoms with E-state index in [0.29, 0.717) is 0 Å². The summed E-state index contributed by atoms with van der Waals surface area (Å²) in [5.74, 6) is 0. The third-order valence-electron chi connectivity index (χ3n) is 16.1. The molecule has 0 fully saturated rings. The maximum atomic E-state index is 6.81. The van der Waals surface area contributed by atoms with Crippen LogP contribution in [-0.4, -0.2) is 11.3 Å². The van der Waals surface area contributed by atoms with Crippen molar-refractivity contribution in [3.05, 3.63) is 266 Å². The lowest BCUT2D eigenvalue weighted by molar-refractivity contribution is 0.641. The molecule has 0 bridgehead atoms. The van der Waals surface area contributed by atoms with Crippen molar-refractivity contribution in [1.82, 2.24) is 4.57 Å². The van der Waals surface area contributed by atoms with Crippen LogP contribution in [0.1, 0.15) is 25.0 Å². The summed E-state index contributed by atoms with van der Waals surface area (Å²) >= 11 is 0. The molecular weight excluding hydrogens is 898 g/mol. The average Bonchev–Trinajstić information content (AvgIpc) is 4.02. The van der Waals surface area contributed by atoms with Gasteiger partial charge < -0.3 is 18.8 Å². The fourth-order valence-corrected chi connectivity index (χ4v) is 12.3. The highest BCUT2D eigenvalue weighted by molar-refractivity contribution is 7.00. The molecule has 348 valence electrons. The molecule has 0 spiro atoms. The molecule has 11 aromatic carbocycles. The summed E-state index contributed by atoms with van der Waals surface area (Å²) < 4.78 is 9.26. The maximum Gasteiger partial charge on any atom is 0.252 e. The van der Waals surface area contributed by atoms with E-state index in [1.54, 1.807) is 0 Å². The zero-order valence-electron chi connectivity index (χ0n) is 41.1. The molecule has 0 amide bonds. The number of hydrogen-bond donors (Lipinski definition) is 0. The Morgan fingerprint density at radius 2 is 0.811 bits per heavy atom. The number of para-hydroxylation sites is 3. The highest BCUT2D eigenvalue weighted by Gasteiger charge is 2.45. The summed E-state index contributed by atoms with van der Waals surface area (Å²) in [6.07, 6.45) is 0. The smallest absolute Gasteiger partial charge is 0.252 e. The predicted molar refractivity (Wildman–Crippen MR) is 312 cm³/mol. The van der Waals surface area contributed by atoms with Crippen molar-refractivity contribution in [2.75, 3.05) is 9.80 Å². The summed E-state index contributed by atoms with van der Waals surface area (Å²) in [6.45, 7) is 4.62. The van der Waals surface area contributed by atoms with Crippen LogP contribution in [0.15, 0.2) is 259 Å². The Morgan fingerprint density at radius 3 is 1.39 bits per heavy atom. The van der Waals surface area contributed by atoms with Gasteiger partial charge >= 0.3 is 0 Å². The Kier molecular flexibility index (Phi) is 9.37. The quantitative estimate of drug-likeness (QED) is 0.149. The summed E-state index contributed by atoms with van der Waals surface area (Å²) in [6, 6.07) is 93.8. The first-order chi connectivity index (χ1) is 36.5. The highest BCUT2D eigenvalue weighted by Crippen LogP contribution is 2.49. The molecule has 74 heavy (non-hydrogen) atoms. The van der Waals surface area contributed by atoms with Crippen molar-refractivity contribution in [3.8, 4) is 27.9 Å². The monoisotopic (exact) mass is 945 g/mol. The maximum absolute atomic E-state index is 6.81. The van der Waals surface area contributed by atoms with Gasteiger partial charge in [-0.15, -0.1) is 0 Å². The third-order valence-corrected chi connectivity index (χ3v) is 16.1. The van der Waals surface area contributed by atoms with Crippen LogP contribution in [0.3, 0.4) is 0 Å². The van der Waals surface area contributed by atoms with E-state index in [0.717, 1.165) is 56.1 Å². The van der Waals surface area contributed by atoms with Crippen LogP contribution >= 0.6 is 0 Å². The van der Waals surface area contributed by atoms with E-state index in [2.05, 4.69) is 283 Å². The summed E-state index contributed by atoms with van der Waals surface area (Å²) in [4.78, 5) is 5.10. The van der Waals surface area contributed by atoms with Gasteiger partial charge in [-0.1, -0.05) is 190 Å². The molecule has 0 N–H and O–H groups in total. The number of anilines is 6. The first-order valence-electron chi connectivity index (χ1n) is 25.7. The molecule has 0 radical (unpaired) electrons. The van der Waals surface area contributed by atoms with Crippen LogP contribution in [0.4, 0.5) is 34.1 Å². The van der Waals surface area contributed by atoms with E-state index in [-0.39, 0.29) is 12.1 Å². The van der Waals surface area contributed by atoms with E-state index < -0.39 is 0 Å². The number of fused-ring (bicyclic) bond motifs is 10. The molecule has 4 nitrogen and oxygen atoms in total. The molecule has 15 rings (SSSR count). The van der Waals surface area contributed by atoms with Crippen molar-refractivity contribution in [2.45, 2.75) is 19.3 Å². The second-order valence-corrected chi connectivity index (χ2v) is 20.5. The van der Waals surface area contributed by atoms with Gasteiger partial charge in [0.1, 0.15) is 11.2 Å². The molecular formula is C69H48BN3O. The fourth-order valence-electron chi connectivity index (χ4n) is 12.3. The van der Waals surface area contributed by atoms with Crippen LogP contribution in [0.5, 0.6) is 0 Å². The standard InChI is InChI=1S/C69H48BN3O/c1-69(2,49-22-10-5-11-23-49)50-40-64-68-65(41-50)72(52-36-32-48(33-37-52)46-20-8-4-9-21-46)63-43-57-56-26-14-17-29-66(56)74-67(57)44-59(63)70(68)58-39-38-53(73-60-27-15-12-24-54(60)55-25-13-16-28-61(55)73)42-62(58)71(64)51-34-30-47(31-35-51)45-18-6-3-7-19-45/h3-44H,1-2H3. The van der Waals surface area contributed by atoms with Gasteiger partial charge in [0, 0.05) is 66.8 Å². The number of nitrogens with zero attached hydrogens (tertiary/aromatic N) is 3. The molecule has 0 saturated carbocycles. The Morgan fingerprint density at radius 1 is 0.338 bits per heavy atom. The lowest BCUT2D eigenvalue weighted by Gasteiger charge is -2.45. The normalized spacial score (nSPS) is 12.9. The molecule has 4 heterocycles. The molecule has 0 saturated heterocycles. The summed E-state index contributed by atoms with van der Waals surface area (Å²) in [5, 5.41) is 4.70. The lowest BCUT2D eigenvalue weighted by atomic mass is 9.33. The Hall–Kier alpha value is -9.32. The fraction of sp³-hybridized carbons (Fsp3) is 0.0435. The minimum Gasteiger partial charge on any atom is -0.456 e. The van der Waals surface area contributed by atoms with Crippen molar-refractivity contribution in [2.24, 2.45) is 0 Å². The van der Waals surface area contributed by atoms with Crippen molar-refractivity contribution < 1.29 is 4.42 Å². The Balaban J connectivity index is 1.05. The Labute approximate surface area is 430 Å². The van der Waals surface area contributed by atoms with E-state index >= 15 is 0 Å². The van der Waals surface area contributed by atoms with Gasteiger partial charge in [-0.3, -0.25) is 0 Å².